The highest BCUT2D eigenvalue weighted by molar-refractivity contribution is 5.71. The van der Waals surface area contributed by atoms with Gasteiger partial charge in [-0.1, -0.05) is 279 Å². The summed E-state index contributed by atoms with van der Waals surface area (Å²) in [6.45, 7) is 11.4. The molecule has 0 N–H and O–H groups in total. The van der Waals surface area contributed by atoms with E-state index < -0.39 is 6.10 Å². The van der Waals surface area contributed by atoms with Gasteiger partial charge in [-0.15, -0.1) is 0 Å². The predicted octanol–water partition coefficient (Wildman–Crippen LogP) is 18.5. The van der Waals surface area contributed by atoms with Crippen LogP contribution in [0.15, 0.2) is 0 Å². The third kappa shape index (κ3) is 48.2. The highest BCUT2D eigenvalue weighted by Gasteiger charge is 2.19. The molecule has 0 bridgehead atoms. The van der Waals surface area contributed by atoms with Crippen LogP contribution in [0.1, 0.15) is 317 Å². The first-order valence-electron chi connectivity index (χ1n) is 28.3. The van der Waals surface area contributed by atoms with Crippen LogP contribution < -0.4 is 0 Å². The molecule has 2 unspecified atom stereocenters. The lowest BCUT2D eigenvalue weighted by atomic mass is 9.99. The fourth-order valence-electron chi connectivity index (χ4n) is 8.63. The van der Waals surface area contributed by atoms with Crippen LogP contribution in [0.2, 0.25) is 0 Å². The minimum Gasteiger partial charge on any atom is -0.462 e. The van der Waals surface area contributed by atoms with Crippen LogP contribution in [0.3, 0.4) is 0 Å². The molecule has 0 heterocycles. The third-order valence-electron chi connectivity index (χ3n) is 13.7. The summed E-state index contributed by atoms with van der Waals surface area (Å²) >= 11 is 0. The Balaban J connectivity index is 4.28. The van der Waals surface area contributed by atoms with E-state index in [2.05, 4.69) is 34.6 Å². The molecule has 0 aliphatic rings. The number of carbonyl (C=O) groups excluding carboxylic acids is 3. The molecule has 0 spiro atoms. The Labute approximate surface area is 393 Å². The maximum atomic E-state index is 12.8. The largest absolute Gasteiger partial charge is 0.462 e. The molecule has 0 fully saturated rings. The van der Waals surface area contributed by atoms with Gasteiger partial charge in [0.2, 0.25) is 0 Å². The Morgan fingerprint density at radius 1 is 0.317 bits per heavy atom. The second kappa shape index (κ2) is 49.8. The summed E-state index contributed by atoms with van der Waals surface area (Å²) in [6, 6.07) is 0. The van der Waals surface area contributed by atoms with E-state index in [1.165, 1.54) is 205 Å². The summed E-state index contributed by atoms with van der Waals surface area (Å²) in [4.78, 5) is 38.1. The summed E-state index contributed by atoms with van der Waals surface area (Å²) in [5.41, 5.74) is 0. The molecule has 0 aliphatic heterocycles. The molecule has 374 valence electrons. The molecule has 0 amide bonds. The number of esters is 3. The summed E-state index contributed by atoms with van der Waals surface area (Å²) in [5, 5.41) is 0. The minimum atomic E-state index is -0.763. The molecule has 0 saturated heterocycles. The SMILES string of the molecule is CCCCCCCCCCCCCCCCCCCCCC(=O)OC[C@H](COC(=O)CCCCCCCCCCC(C)CC)OC(=O)CCCCCCCCCCCCC(C)CC. The van der Waals surface area contributed by atoms with Crippen molar-refractivity contribution in [3.05, 3.63) is 0 Å². The lowest BCUT2D eigenvalue weighted by molar-refractivity contribution is -0.167. The van der Waals surface area contributed by atoms with Gasteiger partial charge in [-0.3, -0.25) is 14.4 Å². The van der Waals surface area contributed by atoms with Crippen LogP contribution in [0.25, 0.3) is 0 Å². The first-order chi connectivity index (χ1) is 30.8. The minimum absolute atomic E-state index is 0.0635. The molecule has 6 nitrogen and oxygen atoms in total. The zero-order chi connectivity index (χ0) is 46.1. The van der Waals surface area contributed by atoms with Gasteiger partial charge in [0.25, 0.3) is 0 Å². The zero-order valence-corrected chi connectivity index (χ0v) is 43.2. The Morgan fingerprint density at radius 3 is 0.825 bits per heavy atom. The molecule has 0 aromatic heterocycles. The van der Waals surface area contributed by atoms with E-state index in [-0.39, 0.29) is 31.1 Å². The molecule has 0 aliphatic carbocycles. The lowest BCUT2D eigenvalue weighted by Crippen LogP contribution is -2.30. The zero-order valence-electron chi connectivity index (χ0n) is 43.2. The van der Waals surface area contributed by atoms with Crippen molar-refractivity contribution in [1.29, 1.82) is 0 Å². The van der Waals surface area contributed by atoms with Crippen molar-refractivity contribution < 1.29 is 28.6 Å². The molecule has 0 rings (SSSR count). The third-order valence-corrected chi connectivity index (χ3v) is 13.7. The van der Waals surface area contributed by atoms with E-state index in [1.807, 2.05) is 0 Å². The van der Waals surface area contributed by atoms with Crippen LogP contribution in [-0.2, 0) is 28.6 Å². The molecule has 0 aromatic rings. The monoisotopic (exact) mass is 891 g/mol. The Bertz CT molecular complexity index is 966. The van der Waals surface area contributed by atoms with E-state index >= 15 is 0 Å². The van der Waals surface area contributed by atoms with Gasteiger partial charge < -0.3 is 14.2 Å². The van der Waals surface area contributed by atoms with Gasteiger partial charge in [-0.25, -0.2) is 0 Å². The lowest BCUT2D eigenvalue weighted by Gasteiger charge is -2.18. The van der Waals surface area contributed by atoms with Gasteiger partial charge in [-0.05, 0) is 31.1 Å². The number of rotatable bonds is 51. The van der Waals surface area contributed by atoms with E-state index in [1.54, 1.807) is 0 Å². The topological polar surface area (TPSA) is 78.9 Å². The van der Waals surface area contributed by atoms with Crippen molar-refractivity contribution in [2.75, 3.05) is 13.2 Å². The van der Waals surface area contributed by atoms with E-state index in [4.69, 9.17) is 14.2 Å². The standard InChI is InChI=1S/C57H110O6/c1-6-9-10-11-12-13-14-15-16-17-18-19-20-21-22-26-32-37-42-47-55(58)61-50-54(51-62-56(59)48-43-38-33-29-28-31-36-41-46-53(5)8-3)63-57(60)49-44-39-34-27-24-23-25-30-35-40-45-52(4)7-2/h52-54H,6-51H2,1-5H3/t52?,53?,54-/m1/s1. The average molecular weight is 892 g/mol. The second-order valence-electron chi connectivity index (χ2n) is 20.1. The van der Waals surface area contributed by atoms with Crippen LogP contribution >= 0.6 is 0 Å². The van der Waals surface area contributed by atoms with E-state index in [9.17, 15) is 14.4 Å². The van der Waals surface area contributed by atoms with Gasteiger partial charge in [0.1, 0.15) is 13.2 Å². The molecule has 6 heteroatoms. The summed E-state index contributed by atoms with van der Waals surface area (Å²) in [6.07, 6.45) is 52.3. The summed E-state index contributed by atoms with van der Waals surface area (Å²) in [5.74, 6) is 0.870. The quantitative estimate of drug-likeness (QED) is 0.0344. The van der Waals surface area contributed by atoms with Crippen molar-refractivity contribution >= 4 is 17.9 Å². The van der Waals surface area contributed by atoms with Crippen molar-refractivity contribution in [3.8, 4) is 0 Å². The van der Waals surface area contributed by atoms with Crippen LogP contribution in [-0.4, -0.2) is 37.2 Å². The van der Waals surface area contributed by atoms with Crippen molar-refractivity contribution in [2.24, 2.45) is 11.8 Å². The van der Waals surface area contributed by atoms with E-state index in [0.29, 0.717) is 19.3 Å². The highest BCUT2D eigenvalue weighted by Crippen LogP contribution is 2.19. The number of hydrogen-bond donors (Lipinski definition) is 0. The predicted molar refractivity (Wildman–Crippen MR) is 270 cm³/mol. The molecule has 0 saturated carbocycles. The van der Waals surface area contributed by atoms with Crippen LogP contribution in [0.5, 0.6) is 0 Å². The number of carbonyl (C=O) groups is 3. The number of unbranched alkanes of at least 4 members (excludes halogenated alkanes) is 34. The fourth-order valence-corrected chi connectivity index (χ4v) is 8.63. The first kappa shape index (κ1) is 61.4. The van der Waals surface area contributed by atoms with Gasteiger partial charge in [0.05, 0.1) is 0 Å². The molecule has 3 atom stereocenters. The van der Waals surface area contributed by atoms with E-state index in [0.717, 1.165) is 69.6 Å². The van der Waals surface area contributed by atoms with Crippen molar-refractivity contribution in [3.63, 3.8) is 0 Å². The fraction of sp³-hybridized carbons (Fsp3) is 0.947. The van der Waals surface area contributed by atoms with Gasteiger partial charge >= 0.3 is 17.9 Å². The molecule has 63 heavy (non-hydrogen) atoms. The Hall–Kier alpha value is -1.59. The number of ether oxygens (including phenoxy) is 3. The number of hydrogen-bond acceptors (Lipinski definition) is 6. The Morgan fingerprint density at radius 2 is 0.556 bits per heavy atom. The second-order valence-corrected chi connectivity index (χ2v) is 20.1. The summed E-state index contributed by atoms with van der Waals surface area (Å²) in [7, 11) is 0. The molecular formula is C57H110O6. The maximum Gasteiger partial charge on any atom is 0.306 e. The van der Waals surface area contributed by atoms with Crippen molar-refractivity contribution in [1.82, 2.24) is 0 Å². The Kier molecular flexibility index (Phi) is 48.6. The average Bonchev–Trinajstić information content (AvgIpc) is 3.28. The highest BCUT2D eigenvalue weighted by atomic mass is 16.6. The summed E-state index contributed by atoms with van der Waals surface area (Å²) < 4.78 is 16.9. The molecule has 0 aromatic carbocycles. The van der Waals surface area contributed by atoms with Gasteiger partial charge in [0, 0.05) is 19.3 Å². The van der Waals surface area contributed by atoms with Gasteiger partial charge in [-0.2, -0.15) is 0 Å². The molecule has 0 radical (unpaired) electrons. The van der Waals surface area contributed by atoms with Gasteiger partial charge in [0.15, 0.2) is 6.10 Å². The first-order valence-corrected chi connectivity index (χ1v) is 28.3. The molecular weight excluding hydrogens is 781 g/mol. The maximum absolute atomic E-state index is 12.8. The van der Waals surface area contributed by atoms with Crippen LogP contribution in [0.4, 0.5) is 0 Å². The smallest absolute Gasteiger partial charge is 0.306 e. The normalized spacial score (nSPS) is 12.9. The van der Waals surface area contributed by atoms with Crippen LogP contribution in [0, 0.1) is 11.8 Å². The van der Waals surface area contributed by atoms with Crippen molar-refractivity contribution in [2.45, 2.75) is 323 Å².